The molecular formula is C38H31N3O3S. The standard InChI is InChI=1S/C38H31N3O3S/c1-22-13-18-32(23(2)19-22)40-36(42)34-24(3)39-38-41(35(34)25-14-16-28(44-4)17-15-25)37(43)33(45-38)21-31-29-11-7-5-9-26(29)20-27-10-6-8-12-30(27)31/h5-21,35H,1-4H3,(H,40,42)/b33-21+/t35-/m1/s1. The molecule has 1 N–H and O–H groups in total. The van der Waals surface area contributed by atoms with Gasteiger partial charge in [0.15, 0.2) is 4.80 Å². The molecule has 0 spiro atoms. The highest BCUT2D eigenvalue weighted by molar-refractivity contribution is 7.07. The Morgan fingerprint density at radius 3 is 2.20 bits per heavy atom. The van der Waals surface area contributed by atoms with Crippen LogP contribution in [0.5, 0.6) is 5.75 Å². The summed E-state index contributed by atoms with van der Waals surface area (Å²) in [7, 11) is 1.61. The lowest BCUT2D eigenvalue weighted by molar-refractivity contribution is -0.113. The number of thiazole rings is 1. The maximum atomic E-state index is 14.4. The van der Waals surface area contributed by atoms with Gasteiger partial charge in [-0.25, -0.2) is 4.99 Å². The Morgan fingerprint density at radius 2 is 1.56 bits per heavy atom. The molecule has 1 aliphatic heterocycles. The van der Waals surface area contributed by atoms with Crippen molar-refractivity contribution in [2.24, 2.45) is 4.99 Å². The molecule has 1 aromatic heterocycles. The zero-order chi connectivity index (χ0) is 31.2. The molecule has 7 rings (SSSR count). The minimum Gasteiger partial charge on any atom is -0.497 e. The summed E-state index contributed by atoms with van der Waals surface area (Å²) in [5.74, 6) is 0.398. The minimum absolute atomic E-state index is 0.194. The van der Waals surface area contributed by atoms with Crippen LogP contribution in [0.1, 0.15) is 35.2 Å². The van der Waals surface area contributed by atoms with Gasteiger partial charge in [-0.1, -0.05) is 89.7 Å². The molecular weight excluding hydrogens is 579 g/mol. The van der Waals surface area contributed by atoms with Crippen molar-refractivity contribution in [2.45, 2.75) is 26.8 Å². The number of hydrogen-bond donors (Lipinski definition) is 1. The molecule has 1 aliphatic rings. The SMILES string of the molecule is COc1ccc([C@@H]2C(C(=O)Nc3ccc(C)cc3C)=C(C)N=c3s/c(=C/c4c5ccccc5cc5ccccc45)c(=O)n32)cc1. The van der Waals surface area contributed by atoms with Crippen molar-refractivity contribution in [2.75, 3.05) is 12.4 Å². The van der Waals surface area contributed by atoms with Crippen molar-refractivity contribution in [1.82, 2.24) is 4.57 Å². The van der Waals surface area contributed by atoms with Crippen LogP contribution in [0, 0.1) is 13.8 Å². The zero-order valence-electron chi connectivity index (χ0n) is 25.4. The molecule has 2 heterocycles. The number of allylic oxidation sites excluding steroid dienone is 1. The molecule has 0 aliphatic carbocycles. The number of carbonyl (C=O) groups excluding carboxylic acids is 1. The van der Waals surface area contributed by atoms with Crippen LogP contribution in [0.3, 0.4) is 0 Å². The second kappa shape index (κ2) is 11.3. The Hall–Kier alpha value is -5.27. The fourth-order valence-electron chi connectivity index (χ4n) is 6.19. The van der Waals surface area contributed by atoms with Crippen molar-refractivity contribution in [3.8, 4) is 5.75 Å². The van der Waals surface area contributed by atoms with Gasteiger partial charge < -0.3 is 10.1 Å². The molecule has 0 saturated carbocycles. The first-order valence-electron chi connectivity index (χ1n) is 14.8. The topological polar surface area (TPSA) is 72.7 Å². The van der Waals surface area contributed by atoms with Crippen LogP contribution in [0.4, 0.5) is 5.69 Å². The summed E-state index contributed by atoms with van der Waals surface area (Å²) in [5, 5.41) is 7.44. The summed E-state index contributed by atoms with van der Waals surface area (Å²) in [4.78, 5) is 33.9. The van der Waals surface area contributed by atoms with Crippen LogP contribution >= 0.6 is 11.3 Å². The van der Waals surface area contributed by atoms with E-state index < -0.39 is 6.04 Å². The molecule has 45 heavy (non-hydrogen) atoms. The van der Waals surface area contributed by atoms with Crippen LogP contribution in [-0.2, 0) is 4.79 Å². The number of aromatic nitrogens is 1. The van der Waals surface area contributed by atoms with E-state index in [4.69, 9.17) is 9.73 Å². The summed E-state index contributed by atoms with van der Waals surface area (Å²) >= 11 is 1.34. The quantitative estimate of drug-likeness (QED) is 0.219. The number of hydrogen-bond acceptors (Lipinski definition) is 5. The highest BCUT2D eigenvalue weighted by Crippen LogP contribution is 2.33. The predicted molar refractivity (Wildman–Crippen MR) is 183 cm³/mol. The molecule has 0 radical (unpaired) electrons. The van der Waals surface area contributed by atoms with Gasteiger partial charge in [0.1, 0.15) is 5.75 Å². The van der Waals surface area contributed by atoms with Crippen molar-refractivity contribution >= 4 is 50.6 Å². The second-order valence-corrected chi connectivity index (χ2v) is 12.4. The first kappa shape index (κ1) is 28.5. The van der Waals surface area contributed by atoms with Gasteiger partial charge in [0, 0.05) is 5.69 Å². The largest absolute Gasteiger partial charge is 0.497 e. The summed E-state index contributed by atoms with van der Waals surface area (Å²) in [6.45, 7) is 5.82. The summed E-state index contributed by atoms with van der Waals surface area (Å²) < 4.78 is 7.62. The Bertz CT molecular complexity index is 2310. The Morgan fingerprint density at radius 1 is 0.889 bits per heavy atom. The smallest absolute Gasteiger partial charge is 0.271 e. The van der Waals surface area contributed by atoms with Gasteiger partial charge in [-0.15, -0.1) is 0 Å². The number of ether oxygens (including phenoxy) is 1. The summed E-state index contributed by atoms with van der Waals surface area (Å²) in [5.41, 5.74) is 5.37. The van der Waals surface area contributed by atoms with Crippen molar-refractivity contribution in [3.05, 3.63) is 150 Å². The van der Waals surface area contributed by atoms with E-state index in [0.29, 0.717) is 26.4 Å². The first-order valence-corrected chi connectivity index (χ1v) is 15.6. The van der Waals surface area contributed by atoms with Crippen LogP contribution in [-0.4, -0.2) is 17.6 Å². The molecule has 0 unspecified atom stereocenters. The van der Waals surface area contributed by atoms with Gasteiger partial charge in [0.2, 0.25) is 0 Å². The number of carbonyl (C=O) groups is 1. The number of aryl methyl sites for hydroxylation is 2. The van der Waals surface area contributed by atoms with Crippen molar-refractivity contribution < 1.29 is 9.53 Å². The molecule has 7 heteroatoms. The summed E-state index contributed by atoms with van der Waals surface area (Å²) in [6, 6.07) is 31.4. The molecule has 6 aromatic rings. The molecule has 1 amide bonds. The number of anilines is 1. The summed E-state index contributed by atoms with van der Waals surface area (Å²) in [6.07, 6.45) is 1.98. The average molecular weight is 610 g/mol. The Kier molecular flexibility index (Phi) is 7.18. The molecule has 5 aromatic carbocycles. The molecule has 0 saturated heterocycles. The molecule has 0 fully saturated rings. The van der Waals surface area contributed by atoms with E-state index in [9.17, 15) is 9.59 Å². The van der Waals surface area contributed by atoms with Crippen LogP contribution in [0.15, 0.2) is 118 Å². The van der Waals surface area contributed by atoms with E-state index in [1.165, 1.54) is 11.3 Å². The van der Waals surface area contributed by atoms with Crippen molar-refractivity contribution in [1.29, 1.82) is 0 Å². The second-order valence-electron chi connectivity index (χ2n) is 11.4. The molecule has 6 nitrogen and oxygen atoms in total. The average Bonchev–Trinajstić information content (AvgIpc) is 3.35. The number of fused-ring (bicyclic) bond motifs is 3. The van der Waals surface area contributed by atoms with E-state index in [2.05, 4.69) is 35.6 Å². The fourth-order valence-corrected chi connectivity index (χ4v) is 7.22. The van der Waals surface area contributed by atoms with E-state index in [0.717, 1.165) is 49.5 Å². The third-order valence-electron chi connectivity index (χ3n) is 8.42. The highest BCUT2D eigenvalue weighted by atomic mass is 32.1. The molecule has 222 valence electrons. The van der Waals surface area contributed by atoms with Gasteiger partial charge in [0.05, 0.1) is 29.0 Å². The third-order valence-corrected chi connectivity index (χ3v) is 9.40. The predicted octanol–water partition coefficient (Wildman–Crippen LogP) is 6.81. The minimum atomic E-state index is -0.677. The maximum Gasteiger partial charge on any atom is 0.271 e. The van der Waals surface area contributed by atoms with Gasteiger partial charge in [0.25, 0.3) is 11.5 Å². The van der Waals surface area contributed by atoms with E-state index in [-0.39, 0.29) is 11.5 Å². The molecule has 1 atom stereocenters. The lowest BCUT2D eigenvalue weighted by Gasteiger charge is -2.25. The van der Waals surface area contributed by atoms with Crippen molar-refractivity contribution in [3.63, 3.8) is 0 Å². The number of benzene rings is 5. The lowest BCUT2D eigenvalue weighted by Crippen LogP contribution is -2.40. The Labute approximate surface area is 264 Å². The zero-order valence-corrected chi connectivity index (χ0v) is 26.2. The van der Waals surface area contributed by atoms with Crippen LogP contribution in [0.25, 0.3) is 27.6 Å². The number of amides is 1. The lowest BCUT2D eigenvalue weighted by atomic mass is 9.94. The highest BCUT2D eigenvalue weighted by Gasteiger charge is 2.32. The van der Waals surface area contributed by atoms with Crippen LogP contribution < -0.4 is 24.9 Å². The number of rotatable bonds is 5. The van der Waals surface area contributed by atoms with Gasteiger partial charge in [-0.3, -0.25) is 14.2 Å². The van der Waals surface area contributed by atoms with Gasteiger partial charge in [-0.05, 0) is 89.3 Å². The third kappa shape index (κ3) is 5.05. The number of nitrogens with zero attached hydrogens (tertiary/aromatic N) is 2. The van der Waals surface area contributed by atoms with E-state index in [1.807, 2.05) is 93.6 Å². The normalized spacial score (nSPS) is 14.8. The van der Waals surface area contributed by atoms with Gasteiger partial charge >= 0.3 is 0 Å². The Balaban J connectivity index is 1.43. The first-order chi connectivity index (χ1) is 21.8. The van der Waals surface area contributed by atoms with E-state index >= 15 is 0 Å². The van der Waals surface area contributed by atoms with E-state index in [1.54, 1.807) is 11.7 Å². The monoisotopic (exact) mass is 609 g/mol. The molecule has 0 bridgehead atoms. The number of methoxy groups -OCH3 is 1. The van der Waals surface area contributed by atoms with Crippen LogP contribution in [0.2, 0.25) is 0 Å². The maximum absolute atomic E-state index is 14.4. The van der Waals surface area contributed by atoms with Gasteiger partial charge in [-0.2, -0.15) is 0 Å². The number of nitrogens with one attached hydrogen (secondary N) is 1. The fraction of sp³-hybridized carbons (Fsp3) is 0.132.